The molecule has 1 amide bonds. The third kappa shape index (κ3) is 2.98. The molecule has 122 valence electrons. The van der Waals surface area contributed by atoms with Crippen LogP contribution in [0, 0.1) is 0 Å². The normalized spacial score (nSPS) is 17.9. The van der Waals surface area contributed by atoms with Crippen LogP contribution >= 0.6 is 11.8 Å². The lowest BCUT2D eigenvalue weighted by molar-refractivity contribution is -0.121. The molecule has 1 aromatic heterocycles. The van der Waals surface area contributed by atoms with Crippen molar-refractivity contribution >= 4 is 34.9 Å². The Morgan fingerprint density at radius 3 is 2.54 bits per heavy atom. The highest BCUT2D eigenvalue weighted by Gasteiger charge is 2.30. The standard InChI is InChI=1S/C17H14N2O4S/c1-18-17-19(2)15(20)14(24-17)9-12-7-8-13(23-12)10-3-5-11(6-4-10)16(21)22/h3-9H,1-2H3,(H,21,22)/b14-9+,18-17?. The number of carbonyl (C=O) groups is 2. The van der Waals surface area contributed by atoms with Crippen LogP contribution in [0.4, 0.5) is 0 Å². The molecule has 0 spiro atoms. The summed E-state index contributed by atoms with van der Waals surface area (Å²) < 4.78 is 5.74. The van der Waals surface area contributed by atoms with Crippen molar-refractivity contribution < 1.29 is 19.1 Å². The molecule has 2 aromatic rings. The van der Waals surface area contributed by atoms with Crippen LogP contribution in [0.25, 0.3) is 17.4 Å². The molecule has 1 saturated heterocycles. The summed E-state index contributed by atoms with van der Waals surface area (Å²) in [5, 5.41) is 9.56. The van der Waals surface area contributed by atoms with E-state index in [9.17, 15) is 9.59 Å². The molecule has 0 saturated carbocycles. The van der Waals surface area contributed by atoms with Crippen LogP contribution in [0.1, 0.15) is 16.1 Å². The Morgan fingerprint density at radius 2 is 1.96 bits per heavy atom. The van der Waals surface area contributed by atoms with Crippen LogP contribution in [0.5, 0.6) is 0 Å². The number of amidine groups is 1. The van der Waals surface area contributed by atoms with E-state index in [0.717, 1.165) is 5.56 Å². The zero-order valence-electron chi connectivity index (χ0n) is 13.0. The molecular weight excluding hydrogens is 328 g/mol. The molecule has 0 bridgehead atoms. The molecule has 0 atom stereocenters. The highest BCUT2D eigenvalue weighted by atomic mass is 32.2. The molecule has 2 heterocycles. The van der Waals surface area contributed by atoms with Gasteiger partial charge in [0.15, 0.2) is 5.17 Å². The number of furan rings is 1. The molecule has 0 aliphatic carbocycles. The van der Waals surface area contributed by atoms with Crippen molar-refractivity contribution in [3.05, 3.63) is 52.6 Å². The Bertz CT molecular complexity index is 865. The Morgan fingerprint density at radius 1 is 1.25 bits per heavy atom. The van der Waals surface area contributed by atoms with E-state index in [2.05, 4.69) is 4.99 Å². The van der Waals surface area contributed by atoms with Gasteiger partial charge < -0.3 is 9.52 Å². The summed E-state index contributed by atoms with van der Waals surface area (Å²) in [5.41, 5.74) is 0.984. The number of hydrogen-bond donors (Lipinski definition) is 1. The number of hydrogen-bond acceptors (Lipinski definition) is 5. The van der Waals surface area contributed by atoms with Crippen LogP contribution in [0.2, 0.25) is 0 Å². The summed E-state index contributed by atoms with van der Waals surface area (Å²) in [6.07, 6.45) is 1.68. The largest absolute Gasteiger partial charge is 0.478 e. The number of rotatable bonds is 3. The summed E-state index contributed by atoms with van der Waals surface area (Å²) in [6.45, 7) is 0. The van der Waals surface area contributed by atoms with Crippen molar-refractivity contribution in [3.8, 4) is 11.3 Å². The highest BCUT2D eigenvalue weighted by molar-refractivity contribution is 8.18. The van der Waals surface area contributed by atoms with Crippen molar-refractivity contribution in [1.82, 2.24) is 4.90 Å². The topological polar surface area (TPSA) is 83.1 Å². The number of benzene rings is 1. The number of carbonyl (C=O) groups excluding carboxylic acids is 1. The zero-order chi connectivity index (χ0) is 17.3. The first-order chi connectivity index (χ1) is 11.5. The van der Waals surface area contributed by atoms with Gasteiger partial charge in [-0.1, -0.05) is 12.1 Å². The number of amides is 1. The summed E-state index contributed by atoms with van der Waals surface area (Å²) in [6, 6.07) is 9.96. The van der Waals surface area contributed by atoms with E-state index in [-0.39, 0.29) is 11.5 Å². The Kier molecular flexibility index (Phi) is 4.26. The van der Waals surface area contributed by atoms with Gasteiger partial charge in [0.05, 0.1) is 10.5 Å². The Labute approximate surface area is 142 Å². The maximum atomic E-state index is 12.1. The third-order valence-electron chi connectivity index (χ3n) is 3.51. The number of likely N-dealkylation sites (N-methyl/N-ethyl adjacent to an activating group) is 1. The number of carboxylic acid groups (broad SMARTS) is 1. The second-order valence-electron chi connectivity index (χ2n) is 5.07. The van der Waals surface area contributed by atoms with Gasteiger partial charge in [0.1, 0.15) is 11.5 Å². The molecule has 1 aliphatic rings. The first kappa shape index (κ1) is 16.1. The van der Waals surface area contributed by atoms with E-state index >= 15 is 0 Å². The number of aliphatic imine (C=N–C) groups is 1. The first-order valence-electron chi connectivity index (χ1n) is 7.07. The van der Waals surface area contributed by atoms with Gasteiger partial charge in [-0.3, -0.25) is 14.7 Å². The molecule has 6 nitrogen and oxygen atoms in total. The summed E-state index contributed by atoms with van der Waals surface area (Å²) in [7, 11) is 3.32. The van der Waals surface area contributed by atoms with E-state index in [1.807, 2.05) is 0 Å². The van der Waals surface area contributed by atoms with Crippen molar-refractivity contribution in [2.45, 2.75) is 0 Å². The summed E-state index contributed by atoms with van der Waals surface area (Å²) in [5.74, 6) is 0.0611. The average molecular weight is 342 g/mol. The molecule has 7 heteroatoms. The van der Waals surface area contributed by atoms with Crippen LogP contribution in [0.15, 0.2) is 50.7 Å². The molecule has 3 rings (SSSR count). The molecule has 0 unspecified atom stereocenters. The molecule has 24 heavy (non-hydrogen) atoms. The van der Waals surface area contributed by atoms with Gasteiger partial charge >= 0.3 is 5.97 Å². The predicted molar refractivity (Wildman–Crippen MR) is 92.8 cm³/mol. The average Bonchev–Trinajstić information content (AvgIpc) is 3.15. The quantitative estimate of drug-likeness (QED) is 0.866. The maximum Gasteiger partial charge on any atom is 0.335 e. The van der Waals surface area contributed by atoms with Crippen molar-refractivity contribution in [3.63, 3.8) is 0 Å². The van der Waals surface area contributed by atoms with Gasteiger partial charge in [0.2, 0.25) is 0 Å². The van der Waals surface area contributed by atoms with Gasteiger partial charge in [-0.15, -0.1) is 0 Å². The minimum atomic E-state index is -0.972. The van der Waals surface area contributed by atoms with Gasteiger partial charge in [0, 0.05) is 25.7 Å². The number of thioether (sulfide) groups is 1. The second kappa shape index (κ2) is 6.37. The Hall–Kier alpha value is -2.80. The van der Waals surface area contributed by atoms with Crippen molar-refractivity contribution in [1.29, 1.82) is 0 Å². The monoisotopic (exact) mass is 342 g/mol. The molecule has 1 fully saturated rings. The number of nitrogens with zero attached hydrogens (tertiary/aromatic N) is 2. The fourth-order valence-corrected chi connectivity index (χ4v) is 3.15. The summed E-state index contributed by atoms with van der Waals surface area (Å²) >= 11 is 1.29. The minimum absolute atomic E-state index is 0.121. The smallest absolute Gasteiger partial charge is 0.335 e. The van der Waals surface area contributed by atoms with Crippen molar-refractivity contribution in [2.24, 2.45) is 4.99 Å². The van der Waals surface area contributed by atoms with Gasteiger partial charge in [-0.05, 0) is 36.0 Å². The van der Waals surface area contributed by atoms with Gasteiger partial charge in [-0.2, -0.15) is 0 Å². The van der Waals surface area contributed by atoms with Crippen LogP contribution in [0.3, 0.4) is 0 Å². The second-order valence-corrected chi connectivity index (χ2v) is 6.07. The van der Waals surface area contributed by atoms with E-state index in [4.69, 9.17) is 9.52 Å². The van der Waals surface area contributed by atoms with Gasteiger partial charge in [0.25, 0.3) is 5.91 Å². The number of carboxylic acids is 1. The molecule has 1 aromatic carbocycles. The first-order valence-corrected chi connectivity index (χ1v) is 7.89. The van der Waals surface area contributed by atoms with Crippen LogP contribution in [-0.2, 0) is 4.79 Å². The predicted octanol–water partition coefficient (Wildman–Crippen LogP) is 3.18. The molecule has 0 radical (unpaired) electrons. The third-order valence-corrected chi connectivity index (χ3v) is 4.66. The maximum absolute atomic E-state index is 12.1. The SMILES string of the molecule is CN=C1S/C(=C/c2ccc(-c3ccc(C(=O)O)cc3)o2)C(=O)N1C. The Balaban J connectivity index is 1.85. The molecular formula is C17H14N2O4S. The fraction of sp³-hybridized carbons (Fsp3) is 0.118. The number of aromatic carboxylic acids is 1. The highest BCUT2D eigenvalue weighted by Crippen LogP contribution is 2.32. The lowest BCUT2D eigenvalue weighted by Crippen LogP contribution is -2.23. The van der Waals surface area contributed by atoms with E-state index in [0.29, 0.717) is 21.6 Å². The van der Waals surface area contributed by atoms with Crippen LogP contribution < -0.4 is 0 Å². The lowest BCUT2D eigenvalue weighted by Gasteiger charge is -2.04. The fourth-order valence-electron chi connectivity index (χ4n) is 2.24. The van der Waals surface area contributed by atoms with Crippen LogP contribution in [-0.4, -0.2) is 41.1 Å². The van der Waals surface area contributed by atoms with Crippen molar-refractivity contribution in [2.75, 3.05) is 14.1 Å². The van der Waals surface area contributed by atoms with E-state index in [1.165, 1.54) is 28.8 Å². The summed E-state index contributed by atoms with van der Waals surface area (Å²) in [4.78, 5) is 29.1. The van der Waals surface area contributed by atoms with Gasteiger partial charge in [-0.25, -0.2) is 4.79 Å². The zero-order valence-corrected chi connectivity index (χ0v) is 13.8. The minimum Gasteiger partial charge on any atom is -0.478 e. The molecule has 1 aliphatic heterocycles. The lowest BCUT2D eigenvalue weighted by atomic mass is 10.1. The van der Waals surface area contributed by atoms with E-state index < -0.39 is 5.97 Å². The molecule has 1 N–H and O–H groups in total. The van der Waals surface area contributed by atoms with E-state index in [1.54, 1.807) is 44.4 Å².